The van der Waals surface area contributed by atoms with Crippen LogP contribution >= 0.6 is 0 Å². The fraction of sp³-hybridized carbons (Fsp3) is 0.143. The zero-order chi connectivity index (χ0) is 14.2. The van der Waals surface area contributed by atoms with Gasteiger partial charge in [0.1, 0.15) is 17.7 Å². The van der Waals surface area contributed by atoms with Crippen molar-refractivity contribution < 1.29 is 22.7 Å². The topological polar surface area (TPSA) is 20.2 Å². The van der Waals surface area contributed by atoms with Crippen molar-refractivity contribution in [1.29, 1.82) is 0 Å². The lowest BCUT2D eigenvalue weighted by Gasteiger charge is -2.14. The summed E-state index contributed by atoms with van der Waals surface area (Å²) in [6.07, 6.45) is -1.70. The van der Waals surface area contributed by atoms with E-state index in [0.29, 0.717) is 17.7 Å². The third kappa shape index (κ3) is 2.61. The average molecular weight is 270 g/mol. The molecule has 1 atom stereocenters. The van der Waals surface area contributed by atoms with E-state index in [-0.39, 0.29) is 5.56 Å². The number of hydrogen-bond donors (Lipinski definition) is 1. The van der Waals surface area contributed by atoms with Crippen LogP contribution in [0.2, 0.25) is 0 Å². The number of aliphatic hydroxyl groups excluding tert-OH is 1. The Bertz CT molecular complexity index is 625. The number of hydrogen-bond acceptors (Lipinski definition) is 1. The van der Waals surface area contributed by atoms with Crippen molar-refractivity contribution in [1.82, 2.24) is 0 Å². The van der Waals surface area contributed by atoms with Gasteiger partial charge < -0.3 is 5.11 Å². The highest BCUT2D eigenvalue weighted by Gasteiger charge is 2.21. The standard InChI is InChI=1S/C14H10F4O/c1-7-2-3-8(10(15)4-7)14(19)9-5-12(17)13(18)6-11(9)16/h2-6,14,19H,1H3. The Hall–Kier alpha value is -1.88. The van der Waals surface area contributed by atoms with Gasteiger partial charge in [-0.25, -0.2) is 17.6 Å². The highest BCUT2D eigenvalue weighted by Crippen LogP contribution is 2.28. The van der Waals surface area contributed by atoms with Gasteiger partial charge in [-0.2, -0.15) is 0 Å². The number of aliphatic hydroxyl groups is 1. The number of halogens is 4. The van der Waals surface area contributed by atoms with E-state index >= 15 is 0 Å². The van der Waals surface area contributed by atoms with Crippen LogP contribution in [0.5, 0.6) is 0 Å². The van der Waals surface area contributed by atoms with Gasteiger partial charge in [0.2, 0.25) is 0 Å². The van der Waals surface area contributed by atoms with Gasteiger partial charge in [-0.05, 0) is 24.6 Å². The van der Waals surface area contributed by atoms with Crippen molar-refractivity contribution in [3.63, 3.8) is 0 Å². The molecule has 19 heavy (non-hydrogen) atoms. The van der Waals surface area contributed by atoms with Gasteiger partial charge in [-0.3, -0.25) is 0 Å². The molecule has 0 saturated carbocycles. The lowest BCUT2D eigenvalue weighted by atomic mass is 9.99. The lowest BCUT2D eigenvalue weighted by Crippen LogP contribution is -2.07. The maximum absolute atomic E-state index is 13.6. The fourth-order valence-corrected chi connectivity index (χ4v) is 1.77. The SMILES string of the molecule is Cc1ccc(C(O)c2cc(F)c(F)cc2F)c(F)c1. The van der Waals surface area contributed by atoms with Crippen molar-refractivity contribution in [2.75, 3.05) is 0 Å². The van der Waals surface area contributed by atoms with Crippen molar-refractivity contribution >= 4 is 0 Å². The summed E-state index contributed by atoms with van der Waals surface area (Å²) in [4.78, 5) is 0. The zero-order valence-electron chi connectivity index (χ0n) is 9.92. The normalized spacial score (nSPS) is 12.5. The van der Waals surface area contributed by atoms with Crippen molar-refractivity contribution in [3.05, 3.63) is 70.3 Å². The molecule has 1 N–H and O–H groups in total. The molecule has 100 valence electrons. The van der Waals surface area contributed by atoms with Crippen LogP contribution in [0, 0.1) is 30.2 Å². The molecule has 2 aromatic carbocycles. The van der Waals surface area contributed by atoms with E-state index in [1.165, 1.54) is 12.1 Å². The first-order valence-corrected chi connectivity index (χ1v) is 5.48. The van der Waals surface area contributed by atoms with Gasteiger partial charge in [0.25, 0.3) is 0 Å². The van der Waals surface area contributed by atoms with Gasteiger partial charge in [0, 0.05) is 17.2 Å². The van der Waals surface area contributed by atoms with Gasteiger partial charge in [0.15, 0.2) is 11.6 Å². The van der Waals surface area contributed by atoms with Gasteiger partial charge >= 0.3 is 0 Å². The van der Waals surface area contributed by atoms with E-state index in [1.807, 2.05) is 0 Å². The summed E-state index contributed by atoms with van der Waals surface area (Å²) >= 11 is 0. The largest absolute Gasteiger partial charge is 0.383 e. The molecule has 0 aliphatic heterocycles. The van der Waals surface area contributed by atoms with Crippen LogP contribution in [0.1, 0.15) is 22.8 Å². The van der Waals surface area contributed by atoms with E-state index in [1.54, 1.807) is 6.92 Å². The Morgan fingerprint density at radius 1 is 0.789 bits per heavy atom. The van der Waals surface area contributed by atoms with Crippen molar-refractivity contribution in [2.45, 2.75) is 13.0 Å². The molecule has 0 spiro atoms. The highest BCUT2D eigenvalue weighted by atomic mass is 19.2. The molecular weight excluding hydrogens is 260 g/mol. The maximum atomic E-state index is 13.6. The van der Waals surface area contributed by atoms with Gasteiger partial charge in [-0.15, -0.1) is 0 Å². The smallest absolute Gasteiger partial charge is 0.161 e. The molecule has 0 amide bonds. The molecule has 0 heterocycles. The Balaban J connectivity index is 2.49. The minimum absolute atomic E-state index is 0.199. The molecule has 2 aromatic rings. The summed E-state index contributed by atoms with van der Waals surface area (Å²) in [6.45, 7) is 1.65. The van der Waals surface area contributed by atoms with Gasteiger partial charge in [-0.1, -0.05) is 12.1 Å². The van der Waals surface area contributed by atoms with Crippen LogP contribution in [-0.2, 0) is 0 Å². The number of benzene rings is 2. The quantitative estimate of drug-likeness (QED) is 0.652. The Kier molecular flexibility index (Phi) is 3.57. The molecule has 0 aliphatic rings. The van der Waals surface area contributed by atoms with Crippen LogP contribution in [0.4, 0.5) is 17.6 Å². The fourth-order valence-electron chi connectivity index (χ4n) is 1.77. The summed E-state index contributed by atoms with van der Waals surface area (Å²) < 4.78 is 53.0. The Morgan fingerprint density at radius 3 is 2.00 bits per heavy atom. The minimum atomic E-state index is -1.70. The van der Waals surface area contributed by atoms with Crippen LogP contribution in [-0.4, -0.2) is 5.11 Å². The molecule has 0 aromatic heterocycles. The van der Waals surface area contributed by atoms with Crippen LogP contribution < -0.4 is 0 Å². The molecule has 0 fully saturated rings. The number of aryl methyl sites for hydroxylation is 1. The van der Waals surface area contributed by atoms with E-state index in [2.05, 4.69) is 0 Å². The average Bonchev–Trinajstić information content (AvgIpc) is 2.33. The second kappa shape index (κ2) is 5.01. The van der Waals surface area contributed by atoms with Crippen LogP contribution in [0.25, 0.3) is 0 Å². The maximum Gasteiger partial charge on any atom is 0.161 e. The van der Waals surface area contributed by atoms with Crippen molar-refractivity contribution in [3.8, 4) is 0 Å². The summed E-state index contributed by atoms with van der Waals surface area (Å²) in [5.74, 6) is -4.54. The molecule has 0 radical (unpaired) electrons. The van der Waals surface area contributed by atoms with Crippen LogP contribution in [0.15, 0.2) is 30.3 Å². The molecule has 1 nitrogen and oxygen atoms in total. The third-order valence-corrected chi connectivity index (χ3v) is 2.78. The summed E-state index contributed by atoms with van der Waals surface area (Å²) in [6, 6.07) is 4.81. The summed E-state index contributed by atoms with van der Waals surface area (Å²) in [7, 11) is 0. The monoisotopic (exact) mass is 270 g/mol. The molecular formula is C14H10F4O. The highest BCUT2D eigenvalue weighted by molar-refractivity contribution is 5.34. The molecule has 2 rings (SSSR count). The van der Waals surface area contributed by atoms with Crippen LogP contribution in [0.3, 0.4) is 0 Å². The first kappa shape index (κ1) is 13.5. The summed E-state index contributed by atoms with van der Waals surface area (Å²) in [5, 5.41) is 9.89. The lowest BCUT2D eigenvalue weighted by molar-refractivity contribution is 0.208. The second-order valence-corrected chi connectivity index (χ2v) is 4.22. The molecule has 0 saturated heterocycles. The predicted octanol–water partition coefficient (Wildman–Crippen LogP) is 3.63. The minimum Gasteiger partial charge on any atom is -0.383 e. The first-order valence-electron chi connectivity index (χ1n) is 5.48. The van der Waals surface area contributed by atoms with Crippen molar-refractivity contribution in [2.24, 2.45) is 0 Å². The molecule has 1 unspecified atom stereocenters. The zero-order valence-corrected chi connectivity index (χ0v) is 9.92. The predicted molar refractivity (Wildman–Crippen MR) is 61.5 cm³/mol. The van der Waals surface area contributed by atoms with E-state index in [0.717, 1.165) is 6.07 Å². The third-order valence-electron chi connectivity index (χ3n) is 2.78. The van der Waals surface area contributed by atoms with E-state index < -0.39 is 34.9 Å². The van der Waals surface area contributed by atoms with E-state index in [4.69, 9.17) is 0 Å². The van der Waals surface area contributed by atoms with Gasteiger partial charge in [0.05, 0.1) is 0 Å². The summed E-state index contributed by atoms with van der Waals surface area (Å²) in [5.41, 5.74) is -0.0867. The van der Waals surface area contributed by atoms with E-state index in [9.17, 15) is 22.7 Å². The number of rotatable bonds is 2. The Labute approximate surface area is 107 Å². The molecule has 0 aliphatic carbocycles. The molecule has 5 heteroatoms. The second-order valence-electron chi connectivity index (χ2n) is 4.22. The molecule has 0 bridgehead atoms. The first-order chi connectivity index (χ1) is 8.90. The Morgan fingerprint density at radius 2 is 1.37 bits per heavy atom.